The van der Waals surface area contributed by atoms with E-state index in [0.717, 1.165) is 64.2 Å². The van der Waals surface area contributed by atoms with Crippen LogP contribution < -0.4 is 5.73 Å². The van der Waals surface area contributed by atoms with Gasteiger partial charge < -0.3 is 20.1 Å². The molecule has 3 N–H and O–H groups in total. The second-order valence-corrected chi connectivity index (χ2v) is 11.8. The van der Waals surface area contributed by atoms with Crippen LogP contribution in [0.4, 0.5) is 0 Å². The number of hydrogen-bond donors (Lipinski definition) is 2. The number of rotatable bonds is 29. The minimum atomic E-state index is -4.36. The summed E-state index contributed by atoms with van der Waals surface area (Å²) in [6.45, 7) is 3.56. The van der Waals surface area contributed by atoms with Crippen LogP contribution in [0.2, 0.25) is 0 Å². The Morgan fingerprint density at radius 1 is 0.732 bits per heavy atom. The van der Waals surface area contributed by atoms with E-state index in [2.05, 4.69) is 38.2 Å². The molecule has 2 atom stereocenters. The minimum Gasteiger partial charge on any atom is -0.462 e. The van der Waals surface area contributed by atoms with Crippen molar-refractivity contribution in [2.45, 2.75) is 136 Å². The van der Waals surface area contributed by atoms with Crippen LogP contribution in [-0.2, 0) is 32.7 Å². The summed E-state index contributed by atoms with van der Waals surface area (Å²) in [6.07, 6.45) is 25.1. The molecule has 41 heavy (non-hydrogen) atoms. The van der Waals surface area contributed by atoms with Gasteiger partial charge in [0.05, 0.1) is 13.2 Å². The molecule has 0 aliphatic carbocycles. The first-order chi connectivity index (χ1) is 19.8. The Hall–Kier alpha value is -1.51. The maximum atomic E-state index is 12.4. The predicted molar refractivity (Wildman–Crippen MR) is 164 cm³/mol. The molecule has 0 saturated heterocycles. The van der Waals surface area contributed by atoms with Gasteiger partial charge in [-0.2, -0.15) is 0 Å². The Bertz CT molecular complexity index is 744. The third-order valence-electron chi connectivity index (χ3n) is 6.32. The summed E-state index contributed by atoms with van der Waals surface area (Å²) in [5.74, 6) is -0.856. The summed E-state index contributed by atoms with van der Waals surface area (Å²) in [5, 5.41) is 0. The number of phosphoric acid groups is 1. The summed E-state index contributed by atoms with van der Waals surface area (Å²) < 4.78 is 32.4. The molecule has 0 amide bonds. The molecular formula is C31H58NO8P. The molecule has 9 nitrogen and oxygen atoms in total. The van der Waals surface area contributed by atoms with Crippen molar-refractivity contribution in [3.05, 3.63) is 24.3 Å². The van der Waals surface area contributed by atoms with Crippen molar-refractivity contribution in [2.24, 2.45) is 5.73 Å². The van der Waals surface area contributed by atoms with Crippen LogP contribution in [0.15, 0.2) is 24.3 Å². The van der Waals surface area contributed by atoms with Gasteiger partial charge in [-0.3, -0.25) is 18.6 Å². The predicted octanol–water partition coefficient (Wildman–Crippen LogP) is 7.71. The van der Waals surface area contributed by atoms with Gasteiger partial charge >= 0.3 is 19.8 Å². The normalized spacial score (nSPS) is 14.0. The van der Waals surface area contributed by atoms with E-state index in [9.17, 15) is 19.0 Å². The topological polar surface area (TPSA) is 134 Å². The molecule has 0 rings (SSSR count). The molecule has 0 aromatic carbocycles. The second kappa shape index (κ2) is 28.6. The molecule has 0 aliphatic rings. The molecule has 0 aromatic rings. The van der Waals surface area contributed by atoms with E-state index in [1.165, 1.54) is 32.1 Å². The zero-order valence-corrected chi connectivity index (χ0v) is 26.7. The zero-order chi connectivity index (χ0) is 30.4. The van der Waals surface area contributed by atoms with Crippen molar-refractivity contribution in [2.75, 3.05) is 26.4 Å². The van der Waals surface area contributed by atoms with Gasteiger partial charge in [-0.05, 0) is 38.5 Å². The van der Waals surface area contributed by atoms with Crippen LogP contribution in [0.25, 0.3) is 0 Å². The van der Waals surface area contributed by atoms with Crippen molar-refractivity contribution < 1.29 is 37.6 Å². The molecule has 0 radical (unpaired) electrons. The van der Waals surface area contributed by atoms with E-state index in [-0.39, 0.29) is 32.6 Å². The van der Waals surface area contributed by atoms with E-state index < -0.39 is 32.5 Å². The molecule has 240 valence electrons. The quantitative estimate of drug-likeness (QED) is 0.0381. The van der Waals surface area contributed by atoms with Crippen molar-refractivity contribution in [3.8, 4) is 0 Å². The summed E-state index contributed by atoms with van der Waals surface area (Å²) >= 11 is 0. The van der Waals surface area contributed by atoms with Crippen LogP contribution in [0.3, 0.4) is 0 Å². The average molecular weight is 604 g/mol. The lowest BCUT2D eigenvalue weighted by molar-refractivity contribution is -0.161. The van der Waals surface area contributed by atoms with Crippen molar-refractivity contribution >= 4 is 19.8 Å². The molecule has 0 aromatic heterocycles. The first-order valence-corrected chi connectivity index (χ1v) is 17.3. The first-order valence-electron chi connectivity index (χ1n) is 15.8. The number of allylic oxidation sites excluding steroid dienone is 4. The Kier molecular flexibility index (Phi) is 27.5. The lowest BCUT2D eigenvalue weighted by Gasteiger charge is -2.19. The standard InChI is InChI=1S/C31H58NO8P/c1-3-5-7-9-11-12-13-14-15-16-18-20-22-24-31(34)40-29(28-39-41(35,36)38-26-25-32)27-37-30(33)23-21-19-17-10-8-6-4-2/h7,9,12-13,29H,3-6,8,10-11,14-28,32H2,1-2H3,(H,35,36)/b9-7-,13-12-. The minimum absolute atomic E-state index is 0.0516. The zero-order valence-electron chi connectivity index (χ0n) is 25.8. The van der Waals surface area contributed by atoms with Gasteiger partial charge in [-0.1, -0.05) is 102 Å². The van der Waals surface area contributed by atoms with Gasteiger partial charge in [0.25, 0.3) is 0 Å². The van der Waals surface area contributed by atoms with Gasteiger partial charge in [0, 0.05) is 19.4 Å². The van der Waals surface area contributed by atoms with Crippen LogP contribution >= 0.6 is 7.82 Å². The molecule has 0 fully saturated rings. The molecule has 0 spiro atoms. The van der Waals surface area contributed by atoms with E-state index in [4.69, 9.17) is 24.3 Å². The fourth-order valence-electron chi connectivity index (χ4n) is 3.96. The Labute approximate surface area is 249 Å². The molecule has 0 aliphatic heterocycles. The monoisotopic (exact) mass is 603 g/mol. The highest BCUT2D eigenvalue weighted by molar-refractivity contribution is 7.47. The number of carbonyl (C=O) groups is 2. The van der Waals surface area contributed by atoms with Gasteiger partial charge in [-0.15, -0.1) is 0 Å². The number of ether oxygens (including phenoxy) is 2. The molecule has 0 bridgehead atoms. The molecule has 0 saturated carbocycles. The third-order valence-corrected chi connectivity index (χ3v) is 7.31. The fourth-order valence-corrected chi connectivity index (χ4v) is 4.73. The smallest absolute Gasteiger partial charge is 0.462 e. The van der Waals surface area contributed by atoms with Gasteiger partial charge in [0.15, 0.2) is 6.10 Å². The maximum absolute atomic E-state index is 12.4. The number of carbonyl (C=O) groups excluding carboxylic acids is 2. The highest BCUT2D eigenvalue weighted by Crippen LogP contribution is 2.43. The molecule has 10 heteroatoms. The van der Waals surface area contributed by atoms with Crippen LogP contribution in [0, 0.1) is 0 Å². The van der Waals surface area contributed by atoms with Crippen molar-refractivity contribution in [3.63, 3.8) is 0 Å². The Balaban J connectivity index is 4.33. The first kappa shape index (κ1) is 39.5. The van der Waals surface area contributed by atoms with E-state index >= 15 is 0 Å². The van der Waals surface area contributed by atoms with E-state index in [1.54, 1.807) is 0 Å². The number of nitrogens with two attached hydrogens (primary N) is 1. The van der Waals surface area contributed by atoms with Crippen molar-refractivity contribution in [1.82, 2.24) is 0 Å². The third kappa shape index (κ3) is 28.4. The summed E-state index contributed by atoms with van der Waals surface area (Å²) in [7, 11) is -4.36. The lowest BCUT2D eigenvalue weighted by Crippen LogP contribution is -2.29. The van der Waals surface area contributed by atoms with Crippen LogP contribution in [0.5, 0.6) is 0 Å². The Morgan fingerprint density at radius 3 is 1.95 bits per heavy atom. The SMILES string of the molecule is CCC/C=C\C/C=C\CCCCCCCC(=O)OC(COC(=O)CCCCCCCCC)COP(=O)(O)OCCN. The summed E-state index contributed by atoms with van der Waals surface area (Å²) in [4.78, 5) is 34.3. The van der Waals surface area contributed by atoms with Crippen molar-refractivity contribution in [1.29, 1.82) is 0 Å². The summed E-state index contributed by atoms with van der Waals surface area (Å²) in [5.41, 5.74) is 5.30. The molecular weight excluding hydrogens is 545 g/mol. The number of phosphoric ester groups is 1. The van der Waals surface area contributed by atoms with Gasteiger partial charge in [0.1, 0.15) is 6.61 Å². The summed E-state index contributed by atoms with van der Waals surface area (Å²) in [6, 6.07) is 0. The molecule has 0 heterocycles. The van der Waals surface area contributed by atoms with E-state index in [0.29, 0.717) is 6.42 Å². The van der Waals surface area contributed by atoms with Crippen LogP contribution in [0.1, 0.15) is 129 Å². The number of esters is 2. The average Bonchev–Trinajstić information content (AvgIpc) is 2.95. The highest BCUT2D eigenvalue weighted by atomic mass is 31.2. The maximum Gasteiger partial charge on any atom is 0.472 e. The van der Waals surface area contributed by atoms with E-state index in [1.807, 2.05) is 0 Å². The number of hydrogen-bond acceptors (Lipinski definition) is 8. The molecule has 2 unspecified atom stereocenters. The van der Waals surface area contributed by atoms with Crippen LogP contribution in [-0.4, -0.2) is 49.3 Å². The lowest BCUT2D eigenvalue weighted by atomic mass is 10.1. The number of unbranched alkanes of at least 4 members (excludes halogenated alkanes) is 12. The fraction of sp³-hybridized carbons (Fsp3) is 0.806. The Morgan fingerprint density at radius 2 is 1.32 bits per heavy atom. The second-order valence-electron chi connectivity index (χ2n) is 10.3. The van der Waals surface area contributed by atoms with Gasteiger partial charge in [-0.25, -0.2) is 4.57 Å². The highest BCUT2D eigenvalue weighted by Gasteiger charge is 2.25. The largest absolute Gasteiger partial charge is 0.472 e. The van der Waals surface area contributed by atoms with Gasteiger partial charge in [0.2, 0.25) is 0 Å².